The number of nitrogens with zero attached hydrogens (tertiary/aromatic N) is 4. The van der Waals surface area contributed by atoms with Crippen molar-refractivity contribution in [2.24, 2.45) is 21.9 Å². The molecule has 6 N–H and O–H groups in total. The van der Waals surface area contributed by atoms with E-state index < -0.39 is 11.7 Å². The first kappa shape index (κ1) is 21.8. The smallest absolute Gasteiger partial charge is 0.252 e. The van der Waals surface area contributed by atoms with E-state index >= 15 is 0 Å². The van der Waals surface area contributed by atoms with Gasteiger partial charge in [-0.05, 0) is 25.0 Å². The summed E-state index contributed by atoms with van der Waals surface area (Å²) in [6, 6.07) is 3.77. The SMILES string of the molecule is CC[C@H](N=NN)[C@@H](CC)Nc1nc(Nc2ccnc(OC)c2)c(C(N)=O)cc1F. The molecule has 11 heteroatoms. The number of aromatic nitrogens is 2. The molecule has 0 unspecified atom stereocenters. The summed E-state index contributed by atoms with van der Waals surface area (Å²) in [5.74, 6) is 4.05. The van der Waals surface area contributed by atoms with Crippen molar-refractivity contribution < 1.29 is 13.9 Å². The molecular formula is C18H25FN8O2. The number of anilines is 3. The summed E-state index contributed by atoms with van der Waals surface area (Å²) in [6.07, 6.45) is 2.79. The Morgan fingerprint density at radius 2 is 2.07 bits per heavy atom. The van der Waals surface area contributed by atoms with E-state index in [1.165, 1.54) is 13.3 Å². The molecule has 0 aliphatic carbocycles. The summed E-state index contributed by atoms with van der Waals surface area (Å²) in [7, 11) is 1.48. The highest BCUT2D eigenvalue weighted by molar-refractivity contribution is 5.98. The third-order valence-corrected chi connectivity index (χ3v) is 4.31. The number of ether oxygens (including phenoxy) is 1. The van der Waals surface area contributed by atoms with Crippen LogP contribution in [0.5, 0.6) is 5.88 Å². The van der Waals surface area contributed by atoms with Crippen molar-refractivity contribution >= 4 is 23.2 Å². The summed E-state index contributed by atoms with van der Waals surface area (Å²) in [5, 5.41) is 13.3. The summed E-state index contributed by atoms with van der Waals surface area (Å²) in [4.78, 5) is 20.0. The number of hydrogen-bond donors (Lipinski definition) is 4. The number of pyridine rings is 2. The highest BCUT2D eigenvalue weighted by Crippen LogP contribution is 2.26. The number of nitrogens with one attached hydrogen (secondary N) is 2. The zero-order valence-electron chi connectivity index (χ0n) is 16.5. The standard InChI is InChI=1S/C18H25FN8O2/c1-4-13(14(5-2)26-27-21)24-18-12(19)9-11(16(20)28)17(25-18)23-10-6-7-22-15(8-10)29-3/h6-9,13-14H,4-5H2,1-3H3,(H2,20,28)(H2,21,26)(H2,22,23,24,25)/t13-,14+/m1/s1. The number of halogens is 1. The molecule has 29 heavy (non-hydrogen) atoms. The average molecular weight is 404 g/mol. The minimum Gasteiger partial charge on any atom is -0.481 e. The number of nitrogens with two attached hydrogens (primary N) is 2. The van der Waals surface area contributed by atoms with Crippen LogP contribution in [0.1, 0.15) is 37.0 Å². The van der Waals surface area contributed by atoms with Gasteiger partial charge >= 0.3 is 0 Å². The number of hydrogen-bond acceptors (Lipinski definition) is 8. The van der Waals surface area contributed by atoms with Crippen molar-refractivity contribution in [2.75, 3.05) is 17.7 Å². The van der Waals surface area contributed by atoms with Crippen LogP contribution in [-0.2, 0) is 0 Å². The zero-order valence-corrected chi connectivity index (χ0v) is 16.5. The maximum atomic E-state index is 14.6. The molecule has 0 radical (unpaired) electrons. The van der Waals surface area contributed by atoms with Crippen LogP contribution in [-0.4, -0.2) is 35.1 Å². The fourth-order valence-corrected chi connectivity index (χ4v) is 2.79. The number of carbonyl (C=O) groups excluding carboxylic acids is 1. The summed E-state index contributed by atoms with van der Waals surface area (Å²) >= 11 is 0. The van der Waals surface area contributed by atoms with Crippen molar-refractivity contribution in [3.05, 3.63) is 35.8 Å². The van der Waals surface area contributed by atoms with Gasteiger partial charge in [0.25, 0.3) is 5.91 Å². The second kappa shape index (κ2) is 10.2. The van der Waals surface area contributed by atoms with Crippen LogP contribution in [0.4, 0.5) is 21.7 Å². The van der Waals surface area contributed by atoms with E-state index in [4.69, 9.17) is 16.3 Å². The van der Waals surface area contributed by atoms with Crippen LogP contribution in [0.2, 0.25) is 0 Å². The van der Waals surface area contributed by atoms with Crippen molar-refractivity contribution in [3.8, 4) is 5.88 Å². The van der Waals surface area contributed by atoms with Crippen molar-refractivity contribution in [2.45, 2.75) is 38.8 Å². The summed E-state index contributed by atoms with van der Waals surface area (Å²) in [5.41, 5.74) is 5.85. The monoisotopic (exact) mass is 404 g/mol. The molecule has 0 bridgehead atoms. The Kier molecular flexibility index (Phi) is 7.63. The molecule has 0 aliphatic rings. The molecule has 0 saturated carbocycles. The van der Waals surface area contributed by atoms with Gasteiger partial charge in [0.05, 0.1) is 24.8 Å². The molecule has 0 aromatic carbocycles. The van der Waals surface area contributed by atoms with Crippen LogP contribution in [0.15, 0.2) is 34.7 Å². The number of methoxy groups -OCH3 is 1. The first-order valence-corrected chi connectivity index (χ1v) is 9.07. The number of rotatable bonds is 10. The lowest BCUT2D eigenvalue weighted by Gasteiger charge is -2.23. The van der Waals surface area contributed by atoms with E-state index in [1.807, 2.05) is 13.8 Å². The number of amides is 1. The van der Waals surface area contributed by atoms with Gasteiger partial charge in [-0.2, -0.15) is 5.11 Å². The van der Waals surface area contributed by atoms with E-state index in [0.29, 0.717) is 24.4 Å². The van der Waals surface area contributed by atoms with Crippen LogP contribution in [0.25, 0.3) is 0 Å². The fourth-order valence-electron chi connectivity index (χ4n) is 2.79. The predicted octanol–water partition coefficient (Wildman–Crippen LogP) is 2.76. The Balaban J connectivity index is 2.41. The van der Waals surface area contributed by atoms with Gasteiger partial charge in [-0.25, -0.2) is 14.4 Å². The van der Waals surface area contributed by atoms with Gasteiger partial charge in [-0.3, -0.25) is 4.79 Å². The maximum Gasteiger partial charge on any atom is 0.252 e. The minimum atomic E-state index is -0.818. The maximum absolute atomic E-state index is 14.6. The van der Waals surface area contributed by atoms with Gasteiger partial charge in [0, 0.05) is 18.0 Å². The minimum absolute atomic E-state index is 0.0453. The van der Waals surface area contributed by atoms with Crippen LogP contribution in [0, 0.1) is 5.82 Å². The Hall–Kier alpha value is -3.50. The average Bonchev–Trinajstić information content (AvgIpc) is 2.72. The Bertz CT molecular complexity index is 877. The summed E-state index contributed by atoms with van der Waals surface area (Å²) in [6.45, 7) is 3.85. The summed E-state index contributed by atoms with van der Waals surface area (Å²) < 4.78 is 19.7. The van der Waals surface area contributed by atoms with Crippen LogP contribution in [0.3, 0.4) is 0 Å². The van der Waals surface area contributed by atoms with Crippen molar-refractivity contribution in [1.29, 1.82) is 0 Å². The Labute approximate surface area is 167 Å². The van der Waals surface area contributed by atoms with Gasteiger partial charge in [0.2, 0.25) is 5.88 Å². The number of carbonyl (C=O) groups is 1. The molecule has 2 rings (SSSR count). The molecule has 10 nitrogen and oxygen atoms in total. The highest BCUT2D eigenvalue weighted by atomic mass is 19.1. The third-order valence-electron chi connectivity index (χ3n) is 4.31. The second-order valence-electron chi connectivity index (χ2n) is 6.16. The second-order valence-corrected chi connectivity index (χ2v) is 6.16. The molecule has 2 aromatic rings. The molecule has 0 spiro atoms. The third kappa shape index (κ3) is 5.50. The van der Waals surface area contributed by atoms with E-state index in [9.17, 15) is 9.18 Å². The first-order chi connectivity index (χ1) is 13.9. The zero-order chi connectivity index (χ0) is 21.4. The lowest BCUT2D eigenvalue weighted by Crippen LogP contribution is -2.32. The lowest BCUT2D eigenvalue weighted by molar-refractivity contribution is 0.100. The van der Waals surface area contributed by atoms with Gasteiger partial charge in [-0.15, -0.1) is 0 Å². The van der Waals surface area contributed by atoms with E-state index in [0.717, 1.165) is 6.07 Å². The lowest BCUT2D eigenvalue weighted by atomic mass is 10.0. The van der Waals surface area contributed by atoms with Crippen molar-refractivity contribution in [3.63, 3.8) is 0 Å². The van der Waals surface area contributed by atoms with E-state index in [1.54, 1.807) is 12.1 Å². The molecule has 2 aromatic heterocycles. The van der Waals surface area contributed by atoms with E-state index in [-0.39, 0.29) is 29.3 Å². The largest absolute Gasteiger partial charge is 0.481 e. The van der Waals surface area contributed by atoms with Crippen LogP contribution >= 0.6 is 0 Å². The molecule has 0 saturated heterocycles. The first-order valence-electron chi connectivity index (χ1n) is 9.07. The van der Waals surface area contributed by atoms with Crippen molar-refractivity contribution in [1.82, 2.24) is 9.97 Å². The predicted molar refractivity (Wildman–Crippen MR) is 108 cm³/mol. The quantitative estimate of drug-likeness (QED) is 0.270. The number of primary amides is 1. The molecule has 0 aliphatic heterocycles. The topological polar surface area (TPSA) is 153 Å². The van der Waals surface area contributed by atoms with Gasteiger partial charge < -0.3 is 26.9 Å². The molecule has 0 fully saturated rings. The molecule has 156 valence electrons. The van der Waals surface area contributed by atoms with Gasteiger partial charge in [0.15, 0.2) is 11.6 Å². The van der Waals surface area contributed by atoms with E-state index in [2.05, 4.69) is 30.9 Å². The molecule has 1 amide bonds. The normalized spacial score (nSPS) is 13.1. The van der Waals surface area contributed by atoms with Crippen LogP contribution < -0.4 is 26.9 Å². The fraction of sp³-hybridized carbons (Fsp3) is 0.389. The van der Waals surface area contributed by atoms with Gasteiger partial charge in [0.1, 0.15) is 5.82 Å². The molecule has 2 heterocycles. The molecule has 2 atom stereocenters. The van der Waals surface area contributed by atoms with Gasteiger partial charge in [-0.1, -0.05) is 19.1 Å². The highest BCUT2D eigenvalue weighted by Gasteiger charge is 2.22. The molecular weight excluding hydrogens is 379 g/mol. The Morgan fingerprint density at radius 3 is 2.66 bits per heavy atom. The Morgan fingerprint density at radius 1 is 1.31 bits per heavy atom.